The van der Waals surface area contributed by atoms with Gasteiger partial charge in [0, 0.05) is 14.1 Å². The molecule has 0 aliphatic heterocycles. The molecule has 0 amide bonds. The van der Waals surface area contributed by atoms with Crippen molar-refractivity contribution in [2.24, 2.45) is 0 Å². The number of hydrogen-bond donors (Lipinski definition) is 1. The van der Waals surface area contributed by atoms with Crippen molar-refractivity contribution in [1.82, 2.24) is 0 Å². The summed E-state index contributed by atoms with van der Waals surface area (Å²) in [4.78, 5) is 1.89. The second-order valence-electron chi connectivity index (χ2n) is 2.72. The Kier molecular flexibility index (Phi) is 2.43. The molecule has 0 fully saturated rings. The first-order valence-corrected chi connectivity index (χ1v) is 3.70. The van der Waals surface area contributed by atoms with Gasteiger partial charge in [0.15, 0.2) is 11.5 Å². The van der Waals surface area contributed by atoms with Crippen LogP contribution in [0.5, 0.6) is 11.5 Å². The van der Waals surface area contributed by atoms with E-state index in [0.717, 1.165) is 5.69 Å². The third-order valence-corrected chi connectivity index (χ3v) is 1.66. The zero-order valence-electron chi connectivity index (χ0n) is 7.53. The van der Waals surface area contributed by atoms with E-state index in [4.69, 9.17) is 4.74 Å². The maximum atomic E-state index is 9.39. The molecular formula is C9H13NO2. The SMILES string of the molecule is COc1c(O)cccc1N(C)C. The fraction of sp³-hybridized carbons (Fsp3) is 0.333. The van der Waals surface area contributed by atoms with Gasteiger partial charge in [0.05, 0.1) is 12.8 Å². The quantitative estimate of drug-likeness (QED) is 0.724. The third kappa shape index (κ3) is 1.44. The summed E-state index contributed by atoms with van der Waals surface area (Å²) in [7, 11) is 5.34. The molecule has 1 N–H and O–H groups in total. The number of rotatable bonds is 2. The molecule has 1 aromatic carbocycles. The predicted molar refractivity (Wildman–Crippen MR) is 49.0 cm³/mol. The topological polar surface area (TPSA) is 32.7 Å². The van der Waals surface area contributed by atoms with Crippen LogP contribution in [-0.2, 0) is 0 Å². The van der Waals surface area contributed by atoms with Crippen LogP contribution in [0.1, 0.15) is 0 Å². The highest BCUT2D eigenvalue weighted by Gasteiger charge is 2.08. The molecule has 12 heavy (non-hydrogen) atoms. The molecule has 0 radical (unpaired) electrons. The minimum absolute atomic E-state index is 0.170. The normalized spacial score (nSPS) is 9.58. The van der Waals surface area contributed by atoms with E-state index in [0.29, 0.717) is 5.75 Å². The Bertz CT molecular complexity index is 271. The second-order valence-corrected chi connectivity index (χ2v) is 2.72. The minimum atomic E-state index is 0.170. The summed E-state index contributed by atoms with van der Waals surface area (Å²) >= 11 is 0. The molecule has 1 aromatic rings. The first-order valence-electron chi connectivity index (χ1n) is 3.70. The van der Waals surface area contributed by atoms with Crippen molar-refractivity contribution in [3.05, 3.63) is 18.2 Å². The number of nitrogens with zero attached hydrogens (tertiary/aromatic N) is 1. The fourth-order valence-electron chi connectivity index (χ4n) is 1.07. The minimum Gasteiger partial charge on any atom is -0.504 e. The average Bonchev–Trinajstić information content (AvgIpc) is 2.03. The van der Waals surface area contributed by atoms with Gasteiger partial charge in [0.2, 0.25) is 0 Å². The summed E-state index contributed by atoms with van der Waals surface area (Å²) in [6.45, 7) is 0. The van der Waals surface area contributed by atoms with E-state index in [-0.39, 0.29) is 5.75 Å². The molecule has 66 valence electrons. The Labute approximate surface area is 72.2 Å². The Morgan fingerprint density at radius 1 is 1.33 bits per heavy atom. The standard InChI is InChI=1S/C9H13NO2/c1-10(2)7-5-4-6-8(11)9(7)12-3/h4-6,11H,1-3H3. The van der Waals surface area contributed by atoms with Gasteiger partial charge >= 0.3 is 0 Å². The number of aromatic hydroxyl groups is 1. The molecule has 0 saturated heterocycles. The van der Waals surface area contributed by atoms with Crippen LogP contribution in [0.4, 0.5) is 5.69 Å². The van der Waals surface area contributed by atoms with Gasteiger partial charge < -0.3 is 14.7 Å². The first-order chi connectivity index (χ1) is 5.66. The van der Waals surface area contributed by atoms with Crippen LogP contribution in [0.15, 0.2) is 18.2 Å². The van der Waals surface area contributed by atoms with Crippen LogP contribution < -0.4 is 9.64 Å². The van der Waals surface area contributed by atoms with Gasteiger partial charge in [0.1, 0.15) is 0 Å². The van der Waals surface area contributed by atoms with Crippen molar-refractivity contribution in [1.29, 1.82) is 0 Å². The van der Waals surface area contributed by atoms with E-state index in [1.165, 1.54) is 0 Å². The third-order valence-electron chi connectivity index (χ3n) is 1.66. The van der Waals surface area contributed by atoms with E-state index in [1.807, 2.05) is 25.1 Å². The number of methoxy groups -OCH3 is 1. The lowest BCUT2D eigenvalue weighted by Gasteiger charge is -2.16. The van der Waals surface area contributed by atoms with Crippen LogP contribution in [0, 0.1) is 0 Å². The van der Waals surface area contributed by atoms with Crippen molar-refractivity contribution in [2.45, 2.75) is 0 Å². The molecule has 0 heterocycles. The fourth-order valence-corrected chi connectivity index (χ4v) is 1.07. The highest BCUT2D eigenvalue weighted by atomic mass is 16.5. The predicted octanol–water partition coefficient (Wildman–Crippen LogP) is 1.47. The number of phenols is 1. The van der Waals surface area contributed by atoms with E-state index in [1.54, 1.807) is 19.2 Å². The maximum absolute atomic E-state index is 9.39. The number of ether oxygens (including phenoxy) is 1. The number of anilines is 1. The van der Waals surface area contributed by atoms with E-state index >= 15 is 0 Å². The average molecular weight is 167 g/mol. The van der Waals surface area contributed by atoms with Crippen molar-refractivity contribution in [3.8, 4) is 11.5 Å². The van der Waals surface area contributed by atoms with Crippen LogP contribution >= 0.6 is 0 Å². The molecule has 0 aliphatic carbocycles. The summed E-state index contributed by atoms with van der Waals surface area (Å²) in [6, 6.07) is 5.28. The Morgan fingerprint density at radius 3 is 2.42 bits per heavy atom. The molecule has 1 rings (SSSR count). The number of benzene rings is 1. The largest absolute Gasteiger partial charge is 0.504 e. The molecule has 0 aliphatic rings. The molecule has 0 atom stereocenters. The molecule has 3 heteroatoms. The molecule has 0 bridgehead atoms. The maximum Gasteiger partial charge on any atom is 0.183 e. The van der Waals surface area contributed by atoms with E-state index < -0.39 is 0 Å². The van der Waals surface area contributed by atoms with Crippen LogP contribution in [0.2, 0.25) is 0 Å². The summed E-state index contributed by atoms with van der Waals surface area (Å²) in [5, 5.41) is 9.39. The van der Waals surface area contributed by atoms with E-state index in [9.17, 15) is 5.11 Å². The van der Waals surface area contributed by atoms with Crippen LogP contribution in [0.25, 0.3) is 0 Å². The van der Waals surface area contributed by atoms with Gasteiger partial charge in [-0.1, -0.05) is 6.07 Å². The molecule has 0 aromatic heterocycles. The van der Waals surface area contributed by atoms with Crippen LogP contribution in [-0.4, -0.2) is 26.3 Å². The van der Waals surface area contributed by atoms with Crippen molar-refractivity contribution in [3.63, 3.8) is 0 Å². The number of para-hydroxylation sites is 1. The number of hydrogen-bond acceptors (Lipinski definition) is 3. The van der Waals surface area contributed by atoms with Gasteiger partial charge in [-0.3, -0.25) is 0 Å². The molecule has 3 nitrogen and oxygen atoms in total. The highest BCUT2D eigenvalue weighted by Crippen LogP contribution is 2.34. The highest BCUT2D eigenvalue weighted by molar-refractivity contribution is 5.63. The molecule has 0 spiro atoms. The zero-order valence-corrected chi connectivity index (χ0v) is 7.53. The first kappa shape index (κ1) is 8.71. The summed E-state index contributed by atoms with van der Waals surface area (Å²) in [5.41, 5.74) is 0.873. The van der Waals surface area contributed by atoms with Crippen molar-refractivity contribution >= 4 is 5.69 Å². The lowest BCUT2D eigenvalue weighted by molar-refractivity contribution is 0.374. The van der Waals surface area contributed by atoms with Gasteiger partial charge in [-0.05, 0) is 12.1 Å². The summed E-state index contributed by atoms with van der Waals surface area (Å²) < 4.78 is 5.05. The van der Waals surface area contributed by atoms with Crippen molar-refractivity contribution < 1.29 is 9.84 Å². The summed E-state index contributed by atoms with van der Waals surface area (Å²) in [6.07, 6.45) is 0. The summed E-state index contributed by atoms with van der Waals surface area (Å²) in [5.74, 6) is 0.686. The second kappa shape index (κ2) is 3.34. The van der Waals surface area contributed by atoms with E-state index in [2.05, 4.69) is 0 Å². The lowest BCUT2D eigenvalue weighted by Crippen LogP contribution is -2.09. The van der Waals surface area contributed by atoms with Crippen LogP contribution in [0.3, 0.4) is 0 Å². The molecule has 0 saturated carbocycles. The number of phenolic OH excluding ortho intramolecular Hbond substituents is 1. The van der Waals surface area contributed by atoms with Crippen molar-refractivity contribution in [2.75, 3.05) is 26.1 Å². The Balaban J connectivity index is 3.18. The lowest BCUT2D eigenvalue weighted by atomic mass is 10.2. The van der Waals surface area contributed by atoms with Gasteiger partial charge in [-0.15, -0.1) is 0 Å². The van der Waals surface area contributed by atoms with Gasteiger partial charge in [-0.2, -0.15) is 0 Å². The van der Waals surface area contributed by atoms with Gasteiger partial charge in [-0.25, -0.2) is 0 Å². The Hall–Kier alpha value is -1.38. The smallest absolute Gasteiger partial charge is 0.183 e. The molecular weight excluding hydrogens is 154 g/mol. The van der Waals surface area contributed by atoms with Gasteiger partial charge in [0.25, 0.3) is 0 Å². The monoisotopic (exact) mass is 167 g/mol. The zero-order chi connectivity index (χ0) is 9.14. The molecule has 0 unspecified atom stereocenters. The Morgan fingerprint density at radius 2 is 2.00 bits per heavy atom.